The molecule has 0 radical (unpaired) electrons. The minimum absolute atomic E-state index is 0.0819. The van der Waals surface area contributed by atoms with Crippen LogP contribution in [0.25, 0.3) is 0 Å². The summed E-state index contributed by atoms with van der Waals surface area (Å²) in [6.45, 7) is 1.44. The quantitative estimate of drug-likeness (QED) is 0.680. The van der Waals surface area contributed by atoms with Crippen LogP contribution < -0.4 is 15.9 Å². The second-order valence-electron chi connectivity index (χ2n) is 2.97. The number of thiazole rings is 1. The minimum Gasteiger partial charge on any atom is -0.368 e. The van der Waals surface area contributed by atoms with Crippen molar-refractivity contribution in [3.8, 4) is 0 Å². The highest BCUT2D eigenvalue weighted by Gasteiger charge is 2.08. The number of nitrogens with zero attached hydrogens (tertiary/aromatic N) is 1. The number of amides is 2. The Balaban J connectivity index is 2.59. The Morgan fingerprint density at radius 3 is 2.73 bits per heavy atom. The topological polar surface area (TPSA) is 94.2 Å². The maximum atomic E-state index is 11.2. The number of carbonyl (C=O) groups is 2. The first-order valence-corrected chi connectivity index (χ1v) is 5.08. The lowest BCUT2D eigenvalue weighted by Gasteiger charge is -2.04. The standard InChI is InChI=1S/C8H11N3O3S/c1-5-4-15-8(14)11(5)3-7(13)10-2-6(9)12/h4H,2-3H2,1H3,(H2,9,12)(H,10,13). The maximum absolute atomic E-state index is 11.2. The third-order valence-corrected chi connectivity index (χ3v) is 2.62. The molecule has 15 heavy (non-hydrogen) atoms. The van der Waals surface area contributed by atoms with Gasteiger partial charge in [0, 0.05) is 11.1 Å². The fourth-order valence-corrected chi connectivity index (χ4v) is 1.72. The van der Waals surface area contributed by atoms with Crippen molar-refractivity contribution in [3.63, 3.8) is 0 Å². The summed E-state index contributed by atoms with van der Waals surface area (Å²) in [5.74, 6) is -1.02. The molecule has 0 atom stereocenters. The molecule has 0 aromatic carbocycles. The summed E-state index contributed by atoms with van der Waals surface area (Å²) in [5.41, 5.74) is 5.58. The second kappa shape index (κ2) is 4.74. The number of primary amides is 1. The molecule has 1 rings (SSSR count). The van der Waals surface area contributed by atoms with Gasteiger partial charge in [-0.15, -0.1) is 0 Å². The predicted octanol–water partition coefficient (Wildman–Crippen LogP) is -1.18. The molecule has 0 aliphatic heterocycles. The zero-order chi connectivity index (χ0) is 11.4. The van der Waals surface area contributed by atoms with Crippen molar-refractivity contribution in [1.29, 1.82) is 0 Å². The molecule has 0 bridgehead atoms. The number of carbonyl (C=O) groups excluding carboxylic acids is 2. The molecule has 7 heteroatoms. The van der Waals surface area contributed by atoms with E-state index in [2.05, 4.69) is 5.32 Å². The number of hydrogen-bond donors (Lipinski definition) is 2. The highest BCUT2D eigenvalue weighted by molar-refractivity contribution is 7.07. The van der Waals surface area contributed by atoms with E-state index < -0.39 is 11.8 Å². The zero-order valence-electron chi connectivity index (χ0n) is 8.15. The van der Waals surface area contributed by atoms with Gasteiger partial charge >= 0.3 is 4.87 Å². The van der Waals surface area contributed by atoms with Gasteiger partial charge in [-0.05, 0) is 6.92 Å². The maximum Gasteiger partial charge on any atom is 0.307 e. The number of aryl methyl sites for hydroxylation is 1. The van der Waals surface area contributed by atoms with Crippen LogP contribution in [0.4, 0.5) is 0 Å². The molecule has 1 aromatic rings. The Morgan fingerprint density at radius 2 is 2.27 bits per heavy atom. The molecule has 0 saturated heterocycles. The Kier molecular flexibility index (Phi) is 3.62. The van der Waals surface area contributed by atoms with Crippen LogP contribution in [-0.4, -0.2) is 22.9 Å². The van der Waals surface area contributed by atoms with E-state index in [4.69, 9.17) is 5.73 Å². The molecule has 0 saturated carbocycles. The summed E-state index contributed by atoms with van der Waals surface area (Å²) < 4.78 is 1.33. The third kappa shape index (κ3) is 3.21. The van der Waals surface area contributed by atoms with Crippen molar-refractivity contribution in [2.24, 2.45) is 5.73 Å². The molecule has 1 heterocycles. The van der Waals surface area contributed by atoms with Crippen LogP contribution in [-0.2, 0) is 16.1 Å². The van der Waals surface area contributed by atoms with E-state index >= 15 is 0 Å². The van der Waals surface area contributed by atoms with E-state index in [1.165, 1.54) is 4.57 Å². The Hall–Kier alpha value is -1.63. The van der Waals surface area contributed by atoms with Crippen LogP contribution in [0.3, 0.4) is 0 Å². The first-order chi connectivity index (χ1) is 7.00. The van der Waals surface area contributed by atoms with Crippen molar-refractivity contribution < 1.29 is 9.59 Å². The van der Waals surface area contributed by atoms with E-state index in [1.807, 2.05) is 0 Å². The SMILES string of the molecule is Cc1csc(=O)n1CC(=O)NCC(N)=O. The normalized spacial score (nSPS) is 9.93. The summed E-state index contributed by atoms with van der Waals surface area (Å²) in [5, 5.41) is 3.98. The summed E-state index contributed by atoms with van der Waals surface area (Å²) in [4.78, 5) is 32.7. The first kappa shape index (κ1) is 11.4. The van der Waals surface area contributed by atoms with Crippen LogP contribution in [0.2, 0.25) is 0 Å². The number of nitrogens with two attached hydrogens (primary N) is 1. The van der Waals surface area contributed by atoms with Crippen molar-refractivity contribution >= 4 is 23.2 Å². The molecular weight excluding hydrogens is 218 g/mol. The Labute approximate surface area is 89.7 Å². The van der Waals surface area contributed by atoms with Crippen molar-refractivity contribution in [3.05, 3.63) is 20.7 Å². The van der Waals surface area contributed by atoms with Crippen LogP contribution in [0.15, 0.2) is 10.2 Å². The van der Waals surface area contributed by atoms with Gasteiger partial charge in [-0.2, -0.15) is 0 Å². The second-order valence-corrected chi connectivity index (χ2v) is 3.79. The molecule has 0 unspecified atom stereocenters. The predicted molar refractivity (Wildman–Crippen MR) is 55.5 cm³/mol. The molecule has 82 valence electrons. The van der Waals surface area contributed by atoms with Gasteiger partial charge in [0.1, 0.15) is 6.54 Å². The molecule has 1 aromatic heterocycles. The fourth-order valence-electron chi connectivity index (χ4n) is 0.981. The van der Waals surface area contributed by atoms with Crippen molar-refractivity contribution in [2.45, 2.75) is 13.5 Å². The molecule has 0 aliphatic rings. The van der Waals surface area contributed by atoms with Gasteiger partial charge in [0.25, 0.3) is 0 Å². The van der Waals surface area contributed by atoms with Crippen molar-refractivity contribution in [2.75, 3.05) is 6.54 Å². The minimum atomic E-state index is -0.613. The van der Waals surface area contributed by atoms with Crippen LogP contribution in [0.1, 0.15) is 5.69 Å². The Bertz CT molecular complexity index is 435. The summed E-state index contributed by atoms with van der Waals surface area (Å²) in [6, 6.07) is 0. The highest BCUT2D eigenvalue weighted by atomic mass is 32.1. The molecule has 2 amide bonds. The Morgan fingerprint density at radius 1 is 1.60 bits per heavy atom. The molecule has 3 N–H and O–H groups in total. The lowest BCUT2D eigenvalue weighted by atomic mass is 10.5. The highest BCUT2D eigenvalue weighted by Crippen LogP contribution is 1.98. The van der Waals surface area contributed by atoms with Gasteiger partial charge in [-0.25, -0.2) is 0 Å². The van der Waals surface area contributed by atoms with E-state index in [0.29, 0.717) is 0 Å². The van der Waals surface area contributed by atoms with Crippen molar-refractivity contribution in [1.82, 2.24) is 9.88 Å². The number of aromatic nitrogens is 1. The third-order valence-electron chi connectivity index (χ3n) is 1.74. The smallest absolute Gasteiger partial charge is 0.307 e. The van der Waals surface area contributed by atoms with Crippen LogP contribution in [0, 0.1) is 6.92 Å². The summed E-state index contributed by atoms with van der Waals surface area (Å²) in [6.07, 6.45) is 0. The van der Waals surface area contributed by atoms with Gasteiger partial charge in [0.15, 0.2) is 0 Å². The molecule has 0 fully saturated rings. The molecule has 0 aliphatic carbocycles. The van der Waals surface area contributed by atoms with Gasteiger partial charge in [-0.1, -0.05) is 11.3 Å². The van der Waals surface area contributed by atoms with Crippen LogP contribution in [0.5, 0.6) is 0 Å². The largest absolute Gasteiger partial charge is 0.368 e. The average molecular weight is 229 g/mol. The van der Waals surface area contributed by atoms with E-state index in [1.54, 1.807) is 12.3 Å². The van der Waals surface area contributed by atoms with Gasteiger partial charge in [0.05, 0.1) is 6.54 Å². The number of rotatable bonds is 4. The van der Waals surface area contributed by atoms with Gasteiger partial charge < -0.3 is 11.1 Å². The molecule has 6 nitrogen and oxygen atoms in total. The number of nitrogens with one attached hydrogen (secondary N) is 1. The zero-order valence-corrected chi connectivity index (χ0v) is 8.97. The molecular formula is C8H11N3O3S. The lowest BCUT2D eigenvalue weighted by Crippen LogP contribution is -2.36. The van der Waals surface area contributed by atoms with E-state index in [0.717, 1.165) is 17.0 Å². The van der Waals surface area contributed by atoms with Gasteiger partial charge in [-0.3, -0.25) is 19.0 Å². The molecule has 0 spiro atoms. The van der Waals surface area contributed by atoms with Gasteiger partial charge in [0.2, 0.25) is 11.8 Å². The number of hydrogen-bond acceptors (Lipinski definition) is 4. The van der Waals surface area contributed by atoms with E-state index in [9.17, 15) is 14.4 Å². The lowest BCUT2D eigenvalue weighted by molar-refractivity contribution is -0.125. The van der Waals surface area contributed by atoms with Crippen LogP contribution >= 0.6 is 11.3 Å². The monoisotopic (exact) mass is 229 g/mol. The fraction of sp³-hybridized carbons (Fsp3) is 0.375. The first-order valence-electron chi connectivity index (χ1n) is 4.20. The summed E-state index contributed by atoms with van der Waals surface area (Å²) >= 11 is 1.03. The average Bonchev–Trinajstić information content (AvgIpc) is 2.46. The van der Waals surface area contributed by atoms with E-state index in [-0.39, 0.29) is 18.0 Å². The summed E-state index contributed by atoms with van der Waals surface area (Å²) in [7, 11) is 0.